The molecule has 22 heavy (non-hydrogen) atoms. The van der Waals surface area contributed by atoms with Gasteiger partial charge >= 0.3 is 0 Å². The molecule has 1 aliphatic rings. The first kappa shape index (κ1) is 13.4. The quantitative estimate of drug-likeness (QED) is 0.796. The molecule has 3 nitrogen and oxygen atoms in total. The van der Waals surface area contributed by atoms with Crippen molar-refractivity contribution in [2.45, 2.75) is 32.7 Å². The Hall–Kier alpha value is -2.26. The van der Waals surface area contributed by atoms with Gasteiger partial charge in [-0.25, -0.2) is 0 Å². The Morgan fingerprint density at radius 3 is 2.86 bits per heavy atom. The zero-order valence-electron chi connectivity index (χ0n) is 12.8. The van der Waals surface area contributed by atoms with Crippen molar-refractivity contribution in [1.82, 2.24) is 9.88 Å². The molecule has 0 amide bonds. The Kier molecular flexibility index (Phi) is 3.35. The zero-order chi connectivity index (χ0) is 14.9. The Bertz CT molecular complexity index is 792. The van der Waals surface area contributed by atoms with Gasteiger partial charge in [-0.3, -0.25) is 0 Å². The first-order chi connectivity index (χ1) is 10.8. The van der Waals surface area contributed by atoms with Crippen LogP contribution in [0.1, 0.15) is 18.2 Å². The van der Waals surface area contributed by atoms with Gasteiger partial charge in [0.1, 0.15) is 12.4 Å². The fourth-order valence-corrected chi connectivity index (χ4v) is 3.12. The molecule has 0 radical (unpaired) electrons. The summed E-state index contributed by atoms with van der Waals surface area (Å²) in [5.41, 5.74) is 3.85. The molecule has 2 heterocycles. The van der Waals surface area contributed by atoms with Gasteiger partial charge < -0.3 is 14.6 Å². The Labute approximate surface area is 130 Å². The summed E-state index contributed by atoms with van der Waals surface area (Å²) in [4.78, 5) is 0. The predicted molar refractivity (Wildman–Crippen MR) is 89.0 cm³/mol. The number of ether oxygens (including phenoxy) is 1. The van der Waals surface area contributed by atoms with Crippen molar-refractivity contribution < 1.29 is 4.74 Å². The van der Waals surface area contributed by atoms with Crippen LogP contribution in [0.5, 0.6) is 5.75 Å². The molecule has 2 aromatic carbocycles. The van der Waals surface area contributed by atoms with E-state index in [4.69, 9.17) is 4.74 Å². The number of benzene rings is 2. The number of nitrogens with zero attached hydrogens (tertiary/aromatic N) is 1. The van der Waals surface area contributed by atoms with Gasteiger partial charge in [-0.2, -0.15) is 0 Å². The van der Waals surface area contributed by atoms with E-state index in [9.17, 15) is 0 Å². The molecular formula is C19H20N2O. The van der Waals surface area contributed by atoms with Gasteiger partial charge in [0.25, 0.3) is 0 Å². The van der Waals surface area contributed by atoms with E-state index in [1.807, 2.05) is 18.2 Å². The minimum atomic E-state index is 0.525. The van der Waals surface area contributed by atoms with Gasteiger partial charge in [0.15, 0.2) is 0 Å². The van der Waals surface area contributed by atoms with Crippen molar-refractivity contribution in [3.63, 3.8) is 0 Å². The number of hydrogen-bond acceptors (Lipinski definition) is 2. The maximum absolute atomic E-state index is 5.93. The van der Waals surface area contributed by atoms with Gasteiger partial charge in [-0.05, 0) is 36.8 Å². The van der Waals surface area contributed by atoms with Gasteiger partial charge in [0, 0.05) is 35.7 Å². The number of hydrogen-bond donors (Lipinski definition) is 1. The summed E-state index contributed by atoms with van der Waals surface area (Å²) in [7, 11) is 0. The first-order valence-electron chi connectivity index (χ1n) is 7.82. The van der Waals surface area contributed by atoms with Gasteiger partial charge in [0.2, 0.25) is 0 Å². The molecule has 0 saturated heterocycles. The van der Waals surface area contributed by atoms with Crippen molar-refractivity contribution in [3.05, 3.63) is 65.9 Å². The van der Waals surface area contributed by atoms with E-state index in [1.54, 1.807) is 0 Å². The Morgan fingerprint density at radius 2 is 2.00 bits per heavy atom. The lowest BCUT2D eigenvalue weighted by atomic mass is 10.2. The van der Waals surface area contributed by atoms with Gasteiger partial charge in [0.05, 0.1) is 0 Å². The minimum absolute atomic E-state index is 0.525. The SMILES string of the molecule is C[C@@H]1Cn2c(cc3cc(OCc4ccccc4)ccc32)CN1. The normalized spacial score (nSPS) is 17.4. The molecule has 3 heteroatoms. The van der Waals surface area contributed by atoms with Crippen LogP contribution in [0.2, 0.25) is 0 Å². The highest BCUT2D eigenvalue weighted by atomic mass is 16.5. The Balaban J connectivity index is 1.59. The highest BCUT2D eigenvalue weighted by Gasteiger charge is 2.16. The molecular weight excluding hydrogens is 272 g/mol. The molecule has 4 rings (SSSR count). The minimum Gasteiger partial charge on any atom is -0.489 e. The second-order valence-corrected chi connectivity index (χ2v) is 6.02. The second-order valence-electron chi connectivity index (χ2n) is 6.02. The molecule has 1 aromatic heterocycles. The molecule has 1 atom stereocenters. The molecule has 0 saturated carbocycles. The fraction of sp³-hybridized carbons (Fsp3) is 0.263. The van der Waals surface area contributed by atoms with E-state index in [0.29, 0.717) is 12.6 Å². The van der Waals surface area contributed by atoms with Crippen molar-refractivity contribution >= 4 is 10.9 Å². The zero-order valence-corrected chi connectivity index (χ0v) is 12.8. The Morgan fingerprint density at radius 1 is 1.14 bits per heavy atom. The highest BCUT2D eigenvalue weighted by Crippen LogP contribution is 2.27. The van der Waals surface area contributed by atoms with E-state index in [2.05, 4.69) is 53.2 Å². The average Bonchev–Trinajstić information content (AvgIpc) is 2.91. The lowest BCUT2D eigenvalue weighted by Crippen LogP contribution is -2.36. The number of fused-ring (bicyclic) bond motifs is 3. The topological polar surface area (TPSA) is 26.2 Å². The smallest absolute Gasteiger partial charge is 0.120 e. The van der Waals surface area contributed by atoms with E-state index in [-0.39, 0.29) is 0 Å². The van der Waals surface area contributed by atoms with Crippen LogP contribution in [0, 0.1) is 0 Å². The van der Waals surface area contributed by atoms with Crippen molar-refractivity contribution in [1.29, 1.82) is 0 Å². The van der Waals surface area contributed by atoms with Crippen LogP contribution in [-0.2, 0) is 19.7 Å². The van der Waals surface area contributed by atoms with Crippen molar-refractivity contribution in [2.24, 2.45) is 0 Å². The van der Waals surface area contributed by atoms with Crippen LogP contribution in [0.4, 0.5) is 0 Å². The fourth-order valence-electron chi connectivity index (χ4n) is 3.12. The molecule has 0 aliphatic carbocycles. The third-order valence-electron chi connectivity index (χ3n) is 4.30. The van der Waals surface area contributed by atoms with Crippen LogP contribution < -0.4 is 10.1 Å². The molecule has 1 N–H and O–H groups in total. The van der Waals surface area contributed by atoms with Crippen LogP contribution in [0.15, 0.2) is 54.6 Å². The molecule has 0 unspecified atom stereocenters. The first-order valence-corrected chi connectivity index (χ1v) is 7.82. The summed E-state index contributed by atoms with van der Waals surface area (Å²) in [5.74, 6) is 0.931. The molecule has 3 aromatic rings. The maximum Gasteiger partial charge on any atom is 0.120 e. The summed E-state index contributed by atoms with van der Waals surface area (Å²) in [6, 6.07) is 19.5. The third-order valence-corrected chi connectivity index (χ3v) is 4.30. The van der Waals surface area contributed by atoms with Crippen LogP contribution in [0.25, 0.3) is 10.9 Å². The van der Waals surface area contributed by atoms with Crippen LogP contribution >= 0.6 is 0 Å². The summed E-state index contributed by atoms with van der Waals surface area (Å²) in [6.45, 7) is 4.81. The van der Waals surface area contributed by atoms with Gasteiger partial charge in [-0.1, -0.05) is 30.3 Å². The number of rotatable bonds is 3. The molecule has 0 bridgehead atoms. The highest BCUT2D eigenvalue weighted by molar-refractivity contribution is 5.83. The van der Waals surface area contributed by atoms with E-state index >= 15 is 0 Å². The summed E-state index contributed by atoms with van der Waals surface area (Å²) in [6.07, 6.45) is 0. The monoisotopic (exact) mass is 292 g/mol. The predicted octanol–water partition coefficient (Wildman–Crippen LogP) is 3.71. The molecule has 0 spiro atoms. The number of nitrogens with one attached hydrogen (secondary N) is 1. The standard InChI is InChI=1S/C19H20N2O/c1-14-12-21-17(11-20-14)9-16-10-18(7-8-19(16)21)22-13-15-5-3-2-4-6-15/h2-10,14,20H,11-13H2,1H3/t14-/m1/s1. The van der Waals surface area contributed by atoms with Crippen molar-refractivity contribution in [3.8, 4) is 5.75 Å². The second kappa shape index (κ2) is 5.50. The van der Waals surface area contributed by atoms with Crippen LogP contribution in [0.3, 0.4) is 0 Å². The third kappa shape index (κ3) is 2.48. The van der Waals surface area contributed by atoms with E-state index in [1.165, 1.54) is 22.2 Å². The molecule has 112 valence electrons. The largest absolute Gasteiger partial charge is 0.489 e. The lowest BCUT2D eigenvalue weighted by Gasteiger charge is -2.23. The summed E-state index contributed by atoms with van der Waals surface area (Å²) in [5, 5.41) is 4.77. The molecule has 1 aliphatic heterocycles. The van der Waals surface area contributed by atoms with Gasteiger partial charge in [-0.15, -0.1) is 0 Å². The lowest BCUT2D eigenvalue weighted by molar-refractivity contribution is 0.306. The average molecular weight is 292 g/mol. The van der Waals surface area contributed by atoms with E-state index < -0.39 is 0 Å². The summed E-state index contributed by atoms with van der Waals surface area (Å²) < 4.78 is 8.34. The maximum atomic E-state index is 5.93. The van der Waals surface area contributed by atoms with Crippen molar-refractivity contribution in [2.75, 3.05) is 0 Å². The number of aromatic nitrogens is 1. The van der Waals surface area contributed by atoms with Crippen LogP contribution in [-0.4, -0.2) is 10.6 Å². The summed E-state index contributed by atoms with van der Waals surface area (Å²) >= 11 is 0. The molecule has 0 fully saturated rings. The van der Waals surface area contributed by atoms with E-state index in [0.717, 1.165) is 18.8 Å².